The maximum absolute atomic E-state index is 11.9. The Labute approximate surface area is 121 Å². The minimum absolute atomic E-state index is 0.0458. The summed E-state index contributed by atoms with van der Waals surface area (Å²) in [4.78, 5) is 25.3. The Morgan fingerprint density at radius 2 is 1.90 bits per heavy atom. The summed E-state index contributed by atoms with van der Waals surface area (Å²) in [5.41, 5.74) is 0.0458. The summed E-state index contributed by atoms with van der Waals surface area (Å²) < 4.78 is 5.01. The Kier molecular flexibility index (Phi) is 6.05. The highest BCUT2D eigenvalue weighted by atomic mass is 16.5. The molecule has 1 N–H and O–H groups in total. The molecule has 5 heteroatoms. The van der Waals surface area contributed by atoms with Gasteiger partial charge in [-0.2, -0.15) is 0 Å². The standard InChI is InChI=1S/C15H26N2O3/c1-5-20-13(18)12-6-10-17(11-7-12)14(19)16-9-8-15(2,3)4/h8-9,12H,5-7,10-11H2,1-4H3,(H,16,19)/b9-8+. The SMILES string of the molecule is CCOC(=O)C1CCN(C(=O)N/C=C/C(C)(C)C)CC1. The van der Waals surface area contributed by atoms with Gasteiger partial charge in [0, 0.05) is 19.3 Å². The van der Waals surface area contributed by atoms with Gasteiger partial charge < -0.3 is 15.0 Å². The van der Waals surface area contributed by atoms with Crippen LogP contribution in [0.3, 0.4) is 0 Å². The van der Waals surface area contributed by atoms with Crippen LogP contribution in [0.5, 0.6) is 0 Å². The van der Waals surface area contributed by atoms with Gasteiger partial charge in [-0.3, -0.25) is 4.79 Å². The van der Waals surface area contributed by atoms with Crippen molar-refractivity contribution in [1.82, 2.24) is 10.2 Å². The lowest BCUT2D eigenvalue weighted by Gasteiger charge is -2.30. The topological polar surface area (TPSA) is 58.6 Å². The third kappa shape index (κ3) is 5.63. The van der Waals surface area contributed by atoms with Gasteiger partial charge in [0.15, 0.2) is 0 Å². The lowest BCUT2D eigenvalue weighted by atomic mass is 9.97. The molecule has 1 fully saturated rings. The number of urea groups is 1. The first-order chi connectivity index (χ1) is 9.33. The van der Waals surface area contributed by atoms with Crippen LogP contribution in [0.15, 0.2) is 12.3 Å². The number of nitrogens with one attached hydrogen (secondary N) is 1. The van der Waals surface area contributed by atoms with Gasteiger partial charge >= 0.3 is 12.0 Å². The smallest absolute Gasteiger partial charge is 0.321 e. The minimum Gasteiger partial charge on any atom is -0.466 e. The molecule has 0 spiro atoms. The molecule has 1 saturated heterocycles. The predicted molar refractivity (Wildman–Crippen MR) is 78.1 cm³/mol. The lowest BCUT2D eigenvalue weighted by Crippen LogP contribution is -2.44. The van der Waals surface area contributed by atoms with Gasteiger partial charge in [0.25, 0.3) is 0 Å². The van der Waals surface area contributed by atoms with Gasteiger partial charge in [0.1, 0.15) is 0 Å². The summed E-state index contributed by atoms with van der Waals surface area (Å²) in [6.45, 7) is 9.62. The van der Waals surface area contributed by atoms with E-state index in [2.05, 4.69) is 26.1 Å². The fraction of sp³-hybridized carbons (Fsp3) is 0.733. The maximum Gasteiger partial charge on any atom is 0.321 e. The highest BCUT2D eigenvalue weighted by Gasteiger charge is 2.27. The summed E-state index contributed by atoms with van der Waals surface area (Å²) in [5.74, 6) is -0.204. The summed E-state index contributed by atoms with van der Waals surface area (Å²) in [6, 6.07) is -0.104. The third-order valence-corrected chi connectivity index (χ3v) is 3.19. The second kappa shape index (κ2) is 7.31. The number of rotatable bonds is 3. The van der Waals surface area contributed by atoms with E-state index in [1.807, 2.05) is 13.0 Å². The van der Waals surface area contributed by atoms with Crippen molar-refractivity contribution in [2.45, 2.75) is 40.5 Å². The highest BCUT2D eigenvalue weighted by molar-refractivity contribution is 5.76. The predicted octanol–water partition coefficient (Wildman–Crippen LogP) is 2.53. The highest BCUT2D eigenvalue weighted by Crippen LogP contribution is 2.19. The van der Waals surface area contributed by atoms with Gasteiger partial charge in [-0.15, -0.1) is 0 Å². The van der Waals surface area contributed by atoms with Crippen molar-refractivity contribution in [3.05, 3.63) is 12.3 Å². The number of esters is 1. The first-order valence-electron chi connectivity index (χ1n) is 7.23. The molecule has 0 aromatic carbocycles. The number of hydrogen-bond donors (Lipinski definition) is 1. The van der Waals surface area contributed by atoms with E-state index in [-0.39, 0.29) is 23.3 Å². The number of likely N-dealkylation sites (tertiary alicyclic amines) is 1. The molecule has 0 bridgehead atoms. The minimum atomic E-state index is -0.139. The number of piperidine rings is 1. The first kappa shape index (κ1) is 16.5. The van der Waals surface area contributed by atoms with E-state index in [1.54, 1.807) is 11.1 Å². The first-order valence-corrected chi connectivity index (χ1v) is 7.23. The van der Waals surface area contributed by atoms with Crippen LogP contribution < -0.4 is 5.32 Å². The molecule has 0 unspecified atom stereocenters. The molecule has 1 rings (SSSR count). The number of ether oxygens (including phenoxy) is 1. The Morgan fingerprint density at radius 3 is 2.40 bits per heavy atom. The number of amides is 2. The number of nitrogens with zero attached hydrogens (tertiary/aromatic N) is 1. The summed E-state index contributed by atoms with van der Waals surface area (Å²) in [7, 11) is 0. The molecule has 2 amide bonds. The molecule has 0 aromatic rings. The van der Waals surface area contributed by atoms with Crippen LogP contribution in [0.1, 0.15) is 40.5 Å². The normalized spacial score (nSPS) is 17.3. The van der Waals surface area contributed by atoms with Crippen LogP contribution in [-0.4, -0.2) is 36.6 Å². The number of carbonyl (C=O) groups excluding carboxylic acids is 2. The molecule has 0 radical (unpaired) electrons. The van der Waals surface area contributed by atoms with Crippen LogP contribution in [0.4, 0.5) is 4.79 Å². The van der Waals surface area contributed by atoms with Crippen molar-refractivity contribution in [3.8, 4) is 0 Å². The van der Waals surface area contributed by atoms with Crippen LogP contribution in [0, 0.1) is 11.3 Å². The van der Waals surface area contributed by atoms with Crippen molar-refractivity contribution in [2.24, 2.45) is 11.3 Å². The Morgan fingerprint density at radius 1 is 1.30 bits per heavy atom. The quantitative estimate of drug-likeness (QED) is 0.809. The number of hydrogen-bond acceptors (Lipinski definition) is 3. The molecule has 5 nitrogen and oxygen atoms in total. The average Bonchev–Trinajstić information content (AvgIpc) is 2.37. The molecule has 0 aliphatic carbocycles. The van der Waals surface area contributed by atoms with Crippen LogP contribution in [-0.2, 0) is 9.53 Å². The van der Waals surface area contributed by atoms with E-state index in [0.717, 1.165) is 0 Å². The molecular weight excluding hydrogens is 256 g/mol. The van der Waals surface area contributed by atoms with Crippen LogP contribution in [0.25, 0.3) is 0 Å². The van der Waals surface area contributed by atoms with E-state index in [1.165, 1.54) is 0 Å². The summed E-state index contributed by atoms with van der Waals surface area (Å²) >= 11 is 0. The Hall–Kier alpha value is -1.52. The van der Waals surface area contributed by atoms with E-state index >= 15 is 0 Å². The van der Waals surface area contributed by atoms with Crippen molar-refractivity contribution in [1.29, 1.82) is 0 Å². The molecule has 1 heterocycles. The van der Waals surface area contributed by atoms with Crippen molar-refractivity contribution in [3.63, 3.8) is 0 Å². The average molecular weight is 282 g/mol. The molecule has 114 valence electrons. The van der Waals surface area contributed by atoms with E-state index in [4.69, 9.17) is 4.74 Å². The molecule has 0 aromatic heterocycles. The van der Waals surface area contributed by atoms with Crippen molar-refractivity contribution < 1.29 is 14.3 Å². The van der Waals surface area contributed by atoms with E-state index < -0.39 is 0 Å². The zero-order chi connectivity index (χ0) is 15.2. The van der Waals surface area contributed by atoms with E-state index in [0.29, 0.717) is 32.5 Å². The lowest BCUT2D eigenvalue weighted by molar-refractivity contribution is -0.149. The zero-order valence-electron chi connectivity index (χ0n) is 12.9. The second-order valence-electron chi connectivity index (χ2n) is 6.16. The molecule has 0 atom stereocenters. The molecule has 1 aliphatic heterocycles. The number of carbonyl (C=O) groups is 2. The van der Waals surface area contributed by atoms with Gasteiger partial charge in [-0.25, -0.2) is 4.79 Å². The van der Waals surface area contributed by atoms with Gasteiger partial charge in [-0.1, -0.05) is 26.8 Å². The Balaban J connectivity index is 2.36. The Bertz CT molecular complexity index is 364. The zero-order valence-corrected chi connectivity index (χ0v) is 12.9. The van der Waals surface area contributed by atoms with Crippen LogP contribution in [0.2, 0.25) is 0 Å². The molecule has 20 heavy (non-hydrogen) atoms. The molecule has 1 aliphatic rings. The van der Waals surface area contributed by atoms with Crippen molar-refractivity contribution in [2.75, 3.05) is 19.7 Å². The second-order valence-corrected chi connectivity index (χ2v) is 6.16. The maximum atomic E-state index is 11.9. The van der Waals surface area contributed by atoms with E-state index in [9.17, 15) is 9.59 Å². The fourth-order valence-corrected chi connectivity index (χ4v) is 2.03. The van der Waals surface area contributed by atoms with Gasteiger partial charge in [0.05, 0.1) is 12.5 Å². The molecular formula is C15H26N2O3. The largest absolute Gasteiger partial charge is 0.466 e. The monoisotopic (exact) mass is 282 g/mol. The van der Waals surface area contributed by atoms with Crippen LogP contribution >= 0.6 is 0 Å². The van der Waals surface area contributed by atoms with Gasteiger partial charge in [0.2, 0.25) is 0 Å². The summed E-state index contributed by atoms with van der Waals surface area (Å²) in [6.07, 6.45) is 5.00. The van der Waals surface area contributed by atoms with Gasteiger partial charge in [-0.05, 0) is 25.2 Å². The third-order valence-electron chi connectivity index (χ3n) is 3.19. The van der Waals surface area contributed by atoms with Crippen molar-refractivity contribution >= 4 is 12.0 Å². The molecule has 0 saturated carbocycles. The number of allylic oxidation sites excluding steroid dienone is 1. The summed E-state index contributed by atoms with van der Waals surface area (Å²) in [5, 5.41) is 2.77. The fourth-order valence-electron chi connectivity index (χ4n) is 2.03.